The number of hydrogen-bond acceptors (Lipinski definition) is 7. The summed E-state index contributed by atoms with van der Waals surface area (Å²) in [6.07, 6.45) is 90.7. The van der Waals surface area contributed by atoms with E-state index in [1.54, 1.807) is 0 Å². The predicted octanol–water partition coefficient (Wildman–Crippen LogP) is 22.6. The number of quaternary nitrogens is 1. The van der Waals surface area contributed by atoms with Crippen molar-refractivity contribution < 1.29 is 37.3 Å². The zero-order valence-electron chi connectivity index (χ0n) is 57.4. The van der Waals surface area contributed by atoms with Crippen LogP contribution < -0.4 is 10.2 Å². The largest absolute Gasteiger partial charge is 0.756 e. The van der Waals surface area contributed by atoms with Crippen LogP contribution in [0.5, 0.6) is 0 Å². The smallest absolute Gasteiger partial charge is 0.306 e. The van der Waals surface area contributed by atoms with Gasteiger partial charge in [0.1, 0.15) is 19.3 Å². The molecule has 10 heteroatoms. The lowest BCUT2D eigenvalue weighted by molar-refractivity contribution is -0.870. The molecule has 87 heavy (non-hydrogen) atoms. The van der Waals surface area contributed by atoms with Crippen LogP contribution in [0.4, 0.5) is 0 Å². The standard InChI is InChI=1S/C77H137N2O7P/c1-7-10-13-16-19-22-25-27-29-31-33-35-37-38-39-40-42-44-46-48-50-52-55-58-61-64-67-70-77(81)86-75(68-65-62-59-56-53-24-21-18-15-12-9-3)74(73-85-87(82,83)84-72-71-79(4,5)6)78-76(80)69-66-63-60-57-54-51-49-47-45-43-41-36-34-32-30-28-26-23-20-17-14-11-8-2/h19-20,22-23,27-30,33-36,38-39,43,45,65,68,74-75H,7-18,21,24-26,31-32,37,40-42,44,46-64,66-67,69-73H2,1-6H3,(H-,78,80,82,83)/b22-19-,23-20-,29-27-,30-28-,35-33-,36-34-,39-38-,45-43-,68-65+. The SMILES string of the molecule is CCCCC/C=C\C/C=C\C/C=C\C/C=C\CCCCCCCCCCCCCC(=O)OC(/C=C/CCCCCCCCCCC)C(COP(=O)([O-])OCC[N+](C)(C)C)NC(=O)CCCCCCCCC/C=C\C/C=C\C/C=C\C/C=C\CCCCC. The Morgan fingerprint density at radius 1 is 0.402 bits per heavy atom. The maximum absolute atomic E-state index is 13.6. The number of nitrogens with one attached hydrogen (secondary N) is 1. The van der Waals surface area contributed by atoms with E-state index >= 15 is 0 Å². The van der Waals surface area contributed by atoms with Crippen LogP contribution in [-0.2, 0) is 27.9 Å². The number of phosphoric acid groups is 1. The first-order chi connectivity index (χ1) is 42.4. The van der Waals surface area contributed by atoms with Gasteiger partial charge in [-0.15, -0.1) is 0 Å². The maximum atomic E-state index is 13.6. The molecule has 0 aromatic rings. The van der Waals surface area contributed by atoms with Crippen molar-refractivity contribution in [1.29, 1.82) is 0 Å². The Hall–Kier alpha value is -3.33. The second-order valence-corrected chi connectivity index (χ2v) is 26.8. The molecule has 1 N–H and O–H groups in total. The fourth-order valence-electron chi connectivity index (χ4n) is 10.1. The Balaban J connectivity index is 5.04. The summed E-state index contributed by atoms with van der Waals surface area (Å²) in [6, 6.07) is -0.903. The Bertz CT molecular complexity index is 1860. The zero-order valence-corrected chi connectivity index (χ0v) is 58.3. The molecule has 0 spiro atoms. The third kappa shape index (κ3) is 66.9. The monoisotopic (exact) mass is 1230 g/mol. The van der Waals surface area contributed by atoms with E-state index < -0.39 is 26.6 Å². The molecule has 9 nitrogen and oxygen atoms in total. The topological polar surface area (TPSA) is 114 Å². The molecule has 0 aliphatic carbocycles. The van der Waals surface area contributed by atoms with E-state index in [0.29, 0.717) is 17.4 Å². The van der Waals surface area contributed by atoms with Crippen molar-refractivity contribution in [2.75, 3.05) is 40.9 Å². The first kappa shape index (κ1) is 83.7. The highest BCUT2D eigenvalue weighted by Gasteiger charge is 2.27. The lowest BCUT2D eigenvalue weighted by Gasteiger charge is -2.30. The maximum Gasteiger partial charge on any atom is 0.306 e. The van der Waals surface area contributed by atoms with E-state index in [2.05, 4.69) is 123 Å². The van der Waals surface area contributed by atoms with Crippen molar-refractivity contribution in [3.05, 3.63) is 109 Å². The molecule has 0 radical (unpaired) electrons. The Morgan fingerprint density at radius 2 is 0.701 bits per heavy atom. The van der Waals surface area contributed by atoms with Crippen LogP contribution in [0.2, 0.25) is 0 Å². The zero-order chi connectivity index (χ0) is 63.5. The molecule has 0 saturated carbocycles. The summed E-state index contributed by atoms with van der Waals surface area (Å²) in [7, 11) is 1.17. The van der Waals surface area contributed by atoms with E-state index in [0.717, 1.165) is 116 Å². The van der Waals surface area contributed by atoms with Crippen LogP contribution in [0.25, 0.3) is 0 Å². The van der Waals surface area contributed by atoms with Crippen LogP contribution in [0.3, 0.4) is 0 Å². The van der Waals surface area contributed by atoms with Gasteiger partial charge in [-0.2, -0.15) is 0 Å². The number of rotatable bonds is 65. The summed E-state index contributed by atoms with van der Waals surface area (Å²) >= 11 is 0. The molecule has 0 bridgehead atoms. The highest BCUT2D eigenvalue weighted by atomic mass is 31.2. The molecule has 3 atom stereocenters. The van der Waals surface area contributed by atoms with Gasteiger partial charge in [0.05, 0.1) is 33.8 Å². The van der Waals surface area contributed by atoms with E-state index in [1.165, 1.54) is 167 Å². The van der Waals surface area contributed by atoms with Crippen LogP contribution in [0.15, 0.2) is 109 Å². The summed E-state index contributed by atoms with van der Waals surface area (Å²) in [6.45, 7) is 6.78. The van der Waals surface area contributed by atoms with Gasteiger partial charge in [-0.05, 0) is 122 Å². The number of esters is 1. The van der Waals surface area contributed by atoms with E-state index in [4.69, 9.17) is 13.8 Å². The average Bonchev–Trinajstić information content (AvgIpc) is 3.70. The van der Waals surface area contributed by atoms with E-state index in [1.807, 2.05) is 33.3 Å². The Labute approximate surface area is 538 Å². The second-order valence-electron chi connectivity index (χ2n) is 25.4. The van der Waals surface area contributed by atoms with Crippen molar-refractivity contribution in [2.24, 2.45) is 0 Å². The molecule has 0 fully saturated rings. The van der Waals surface area contributed by atoms with E-state index in [9.17, 15) is 19.0 Å². The molecular weight excluding hydrogens is 1100 g/mol. The summed E-state index contributed by atoms with van der Waals surface area (Å²) in [5.41, 5.74) is 0. The number of hydrogen-bond donors (Lipinski definition) is 1. The molecule has 3 unspecified atom stereocenters. The number of carbonyl (C=O) groups excluding carboxylic acids is 2. The molecule has 502 valence electrons. The fourth-order valence-corrected chi connectivity index (χ4v) is 10.8. The molecule has 0 aliphatic heterocycles. The predicted molar refractivity (Wildman–Crippen MR) is 376 cm³/mol. The lowest BCUT2D eigenvalue weighted by atomic mass is 10.0. The van der Waals surface area contributed by atoms with Gasteiger partial charge in [-0.3, -0.25) is 14.2 Å². The number of amides is 1. The van der Waals surface area contributed by atoms with Crippen LogP contribution >= 0.6 is 7.82 Å². The highest BCUT2D eigenvalue weighted by molar-refractivity contribution is 7.45. The molecule has 0 aromatic heterocycles. The number of nitrogens with zero attached hydrogens (tertiary/aromatic N) is 1. The van der Waals surface area contributed by atoms with Crippen LogP contribution in [-0.4, -0.2) is 69.4 Å². The van der Waals surface area contributed by atoms with Crippen molar-refractivity contribution in [3.63, 3.8) is 0 Å². The Morgan fingerprint density at radius 3 is 1.07 bits per heavy atom. The van der Waals surface area contributed by atoms with Gasteiger partial charge in [0.15, 0.2) is 0 Å². The molecule has 0 heterocycles. The average molecular weight is 1230 g/mol. The van der Waals surface area contributed by atoms with Crippen molar-refractivity contribution in [1.82, 2.24) is 5.32 Å². The number of allylic oxidation sites excluding steroid dienone is 17. The minimum atomic E-state index is -4.71. The quantitative estimate of drug-likeness (QED) is 0.0212. The minimum Gasteiger partial charge on any atom is -0.756 e. The first-order valence-electron chi connectivity index (χ1n) is 36.2. The fraction of sp³-hybridized carbons (Fsp3) is 0.740. The minimum absolute atomic E-state index is 0.0297. The molecular formula is C77H137N2O7P. The summed E-state index contributed by atoms with van der Waals surface area (Å²) < 4.78 is 30.4. The van der Waals surface area contributed by atoms with Crippen LogP contribution in [0, 0.1) is 0 Å². The summed E-state index contributed by atoms with van der Waals surface area (Å²) in [4.78, 5) is 40.2. The van der Waals surface area contributed by atoms with Gasteiger partial charge in [-0.1, -0.05) is 291 Å². The number of likely N-dealkylation sites (N-methyl/N-ethyl adjacent to an activating group) is 1. The number of ether oxygens (including phenoxy) is 1. The van der Waals surface area contributed by atoms with Gasteiger partial charge in [0.2, 0.25) is 5.91 Å². The number of unbranched alkanes of at least 4 members (excludes halogenated alkanes) is 33. The summed E-state index contributed by atoms with van der Waals surface area (Å²) in [5, 5.41) is 3.03. The molecule has 0 aromatic carbocycles. The second kappa shape index (κ2) is 65.6. The van der Waals surface area contributed by atoms with Crippen molar-refractivity contribution in [3.8, 4) is 0 Å². The molecule has 0 aliphatic rings. The Kier molecular flexibility index (Phi) is 63.1. The van der Waals surface area contributed by atoms with Gasteiger partial charge >= 0.3 is 5.97 Å². The van der Waals surface area contributed by atoms with Crippen molar-refractivity contribution in [2.45, 2.75) is 328 Å². The third-order valence-electron chi connectivity index (χ3n) is 15.7. The van der Waals surface area contributed by atoms with Gasteiger partial charge < -0.3 is 28.5 Å². The van der Waals surface area contributed by atoms with Gasteiger partial charge in [0, 0.05) is 12.8 Å². The summed E-state index contributed by atoms with van der Waals surface area (Å²) in [5.74, 6) is -0.556. The third-order valence-corrected chi connectivity index (χ3v) is 16.6. The van der Waals surface area contributed by atoms with Gasteiger partial charge in [0.25, 0.3) is 7.82 Å². The highest BCUT2D eigenvalue weighted by Crippen LogP contribution is 2.38. The normalized spacial score (nSPS) is 14.1. The number of phosphoric ester groups is 1. The lowest BCUT2D eigenvalue weighted by Crippen LogP contribution is -2.47. The number of carbonyl (C=O) groups is 2. The van der Waals surface area contributed by atoms with Crippen molar-refractivity contribution >= 4 is 19.7 Å². The van der Waals surface area contributed by atoms with Gasteiger partial charge in [-0.25, -0.2) is 0 Å². The van der Waals surface area contributed by atoms with Crippen LogP contribution in [0.1, 0.15) is 316 Å². The first-order valence-corrected chi connectivity index (χ1v) is 37.7. The molecule has 0 saturated heterocycles. The molecule has 1 amide bonds. The molecule has 0 rings (SSSR count). The van der Waals surface area contributed by atoms with E-state index in [-0.39, 0.29) is 24.9 Å².